The van der Waals surface area contributed by atoms with E-state index in [9.17, 15) is 4.79 Å². The molecule has 3 aliphatic carbocycles. The second-order valence-electron chi connectivity index (χ2n) is 4.21. The van der Waals surface area contributed by atoms with Crippen LogP contribution in [0.2, 0.25) is 0 Å². The molecule has 0 saturated heterocycles. The van der Waals surface area contributed by atoms with E-state index in [0.717, 1.165) is 25.7 Å². The lowest BCUT2D eigenvalue weighted by atomic mass is 9.38. The Morgan fingerprint density at radius 1 is 1.42 bits per heavy atom. The summed E-state index contributed by atoms with van der Waals surface area (Å²) in [6, 6.07) is 0. The first-order chi connectivity index (χ1) is 5.60. The molecule has 0 unspecified atom stereocenters. The van der Waals surface area contributed by atoms with Gasteiger partial charge in [0.25, 0.3) is 0 Å². The van der Waals surface area contributed by atoms with Crippen LogP contribution < -0.4 is 5.32 Å². The molecular formula is C8H13NO3. The third-order valence-corrected chi connectivity index (χ3v) is 3.15. The van der Waals surface area contributed by atoms with Gasteiger partial charge >= 0.3 is 6.09 Å². The summed E-state index contributed by atoms with van der Waals surface area (Å²) >= 11 is 0. The smallest absolute Gasteiger partial charge is 0.405 e. The summed E-state index contributed by atoms with van der Waals surface area (Å²) in [6.45, 7) is 0.225. The summed E-state index contributed by atoms with van der Waals surface area (Å²) in [7, 11) is 0. The Morgan fingerprint density at radius 3 is 2.42 bits per heavy atom. The Labute approximate surface area is 70.6 Å². The number of carboxylic acid groups (broad SMARTS) is 1. The van der Waals surface area contributed by atoms with Crippen molar-refractivity contribution < 1.29 is 15.0 Å². The molecule has 0 aromatic carbocycles. The number of rotatable bonds is 3. The molecular weight excluding hydrogens is 158 g/mol. The monoisotopic (exact) mass is 171 g/mol. The standard InChI is InChI=1S/C8H13NO3/c10-2-1-7-3-8(4-7,5-7)9-6(11)12/h9-10H,1-5H2,(H,11,12). The van der Waals surface area contributed by atoms with Gasteiger partial charge in [-0.1, -0.05) is 0 Å². The van der Waals surface area contributed by atoms with Crippen molar-refractivity contribution in [3.05, 3.63) is 0 Å². The van der Waals surface area contributed by atoms with Crippen molar-refractivity contribution in [2.45, 2.75) is 31.2 Å². The molecule has 3 aliphatic rings. The maximum absolute atomic E-state index is 10.3. The van der Waals surface area contributed by atoms with Gasteiger partial charge in [0.05, 0.1) is 0 Å². The fourth-order valence-electron chi connectivity index (χ4n) is 2.86. The molecule has 68 valence electrons. The molecule has 0 atom stereocenters. The van der Waals surface area contributed by atoms with Gasteiger partial charge in [0.2, 0.25) is 0 Å². The minimum absolute atomic E-state index is 0.110. The highest BCUT2D eigenvalue weighted by Gasteiger charge is 2.67. The van der Waals surface area contributed by atoms with Crippen molar-refractivity contribution in [2.75, 3.05) is 6.61 Å². The molecule has 1 amide bonds. The molecule has 3 fully saturated rings. The maximum Gasteiger partial charge on any atom is 0.405 e. The van der Waals surface area contributed by atoms with Crippen molar-refractivity contribution in [1.82, 2.24) is 5.32 Å². The predicted octanol–water partition coefficient (Wildman–Crippen LogP) is 0.559. The number of nitrogens with one attached hydrogen (secondary N) is 1. The minimum Gasteiger partial charge on any atom is -0.465 e. The van der Waals surface area contributed by atoms with Crippen LogP contribution >= 0.6 is 0 Å². The molecule has 0 aromatic heterocycles. The molecule has 2 bridgehead atoms. The summed E-state index contributed by atoms with van der Waals surface area (Å²) in [5.41, 5.74) is 0.179. The van der Waals surface area contributed by atoms with Crippen molar-refractivity contribution in [3.8, 4) is 0 Å². The molecule has 0 aromatic rings. The van der Waals surface area contributed by atoms with E-state index in [1.165, 1.54) is 0 Å². The SMILES string of the molecule is O=C(O)NC12CC(CCO)(C1)C2. The van der Waals surface area contributed by atoms with Gasteiger partial charge in [0, 0.05) is 12.1 Å². The molecule has 0 spiro atoms. The lowest BCUT2D eigenvalue weighted by Crippen LogP contribution is -2.74. The Morgan fingerprint density at radius 2 is 2.00 bits per heavy atom. The fraction of sp³-hybridized carbons (Fsp3) is 0.875. The van der Waals surface area contributed by atoms with Crippen molar-refractivity contribution in [2.24, 2.45) is 5.41 Å². The summed E-state index contributed by atoms with van der Waals surface area (Å²) < 4.78 is 0. The first-order valence-corrected chi connectivity index (χ1v) is 4.22. The molecule has 3 saturated carbocycles. The lowest BCUT2D eigenvalue weighted by Gasteiger charge is -2.70. The first kappa shape index (κ1) is 7.86. The third-order valence-electron chi connectivity index (χ3n) is 3.15. The summed E-state index contributed by atoms with van der Waals surface area (Å²) in [6.07, 6.45) is 2.68. The average molecular weight is 171 g/mol. The molecule has 12 heavy (non-hydrogen) atoms. The van der Waals surface area contributed by atoms with Crippen LogP contribution in [0.1, 0.15) is 25.7 Å². The van der Waals surface area contributed by atoms with E-state index < -0.39 is 6.09 Å². The second-order valence-corrected chi connectivity index (χ2v) is 4.21. The van der Waals surface area contributed by atoms with E-state index in [1.807, 2.05) is 0 Å². The highest BCUT2D eigenvalue weighted by Crippen LogP contribution is 2.68. The Balaban J connectivity index is 1.83. The average Bonchev–Trinajstić information content (AvgIpc) is 1.79. The molecule has 3 N–H and O–H groups in total. The van der Waals surface area contributed by atoms with Gasteiger partial charge in [-0.3, -0.25) is 0 Å². The minimum atomic E-state index is -0.924. The van der Waals surface area contributed by atoms with E-state index >= 15 is 0 Å². The normalized spacial score (nSPS) is 42.8. The van der Waals surface area contributed by atoms with Crippen LogP contribution in [0.25, 0.3) is 0 Å². The topological polar surface area (TPSA) is 69.6 Å². The molecule has 4 nitrogen and oxygen atoms in total. The van der Waals surface area contributed by atoms with Crippen LogP contribution in [-0.4, -0.2) is 28.5 Å². The van der Waals surface area contributed by atoms with Crippen molar-refractivity contribution in [3.63, 3.8) is 0 Å². The van der Waals surface area contributed by atoms with Gasteiger partial charge in [-0.15, -0.1) is 0 Å². The summed E-state index contributed by atoms with van der Waals surface area (Å²) in [4.78, 5) is 10.3. The van der Waals surface area contributed by atoms with Gasteiger partial charge in [-0.05, 0) is 31.1 Å². The molecule has 0 radical (unpaired) electrons. The van der Waals surface area contributed by atoms with Crippen LogP contribution in [0.3, 0.4) is 0 Å². The zero-order chi connectivity index (χ0) is 8.82. The van der Waals surface area contributed by atoms with Gasteiger partial charge in [-0.25, -0.2) is 4.79 Å². The van der Waals surface area contributed by atoms with Crippen LogP contribution in [-0.2, 0) is 0 Å². The Kier molecular flexibility index (Phi) is 1.39. The van der Waals surface area contributed by atoms with Gasteiger partial charge < -0.3 is 15.5 Å². The maximum atomic E-state index is 10.3. The van der Waals surface area contributed by atoms with Gasteiger partial charge in [0.15, 0.2) is 0 Å². The zero-order valence-electron chi connectivity index (χ0n) is 6.84. The highest BCUT2D eigenvalue weighted by molar-refractivity contribution is 5.66. The molecule has 0 heterocycles. The number of hydrogen-bond acceptors (Lipinski definition) is 2. The highest BCUT2D eigenvalue weighted by atomic mass is 16.4. The summed E-state index contributed by atoms with van der Waals surface area (Å²) in [5.74, 6) is 0. The Bertz CT molecular complexity index is 207. The number of aliphatic hydroxyl groups excluding tert-OH is 1. The van der Waals surface area contributed by atoms with Crippen molar-refractivity contribution >= 4 is 6.09 Å². The van der Waals surface area contributed by atoms with E-state index in [0.29, 0.717) is 0 Å². The number of carbonyl (C=O) groups is 1. The molecule has 0 aliphatic heterocycles. The van der Waals surface area contributed by atoms with E-state index in [4.69, 9.17) is 10.2 Å². The molecule has 4 heteroatoms. The summed E-state index contributed by atoms with van der Waals surface area (Å²) in [5, 5.41) is 19.8. The van der Waals surface area contributed by atoms with Gasteiger partial charge in [-0.2, -0.15) is 0 Å². The number of hydrogen-bond donors (Lipinski definition) is 3. The second kappa shape index (κ2) is 2.13. The largest absolute Gasteiger partial charge is 0.465 e. The fourth-order valence-corrected chi connectivity index (χ4v) is 2.86. The van der Waals surface area contributed by atoms with Gasteiger partial charge in [0.1, 0.15) is 0 Å². The van der Waals surface area contributed by atoms with E-state index in [1.54, 1.807) is 0 Å². The van der Waals surface area contributed by atoms with Crippen LogP contribution in [0.5, 0.6) is 0 Å². The number of aliphatic hydroxyl groups is 1. The Hall–Kier alpha value is -0.770. The van der Waals surface area contributed by atoms with Crippen LogP contribution in [0.15, 0.2) is 0 Å². The molecule has 3 rings (SSSR count). The predicted molar refractivity (Wildman–Crippen MR) is 41.9 cm³/mol. The van der Waals surface area contributed by atoms with E-state index in [2.05, 4.69) is 5.32 Å². The van der Waals surface area contributed by atoms with Crippen LogP contribution in [0.4, 0.5) is 4.79 Å². The first-order valence-electron chi connectivity index (χ1n) is 4.22. The quantitative estimate of drug-likeness (QED) is 0.581. The lowest BCUT2D eigenvalue weighted by molar-refractivity contribution is -0.158. The third kappa shape index (κ3) is 0.909. The number of amides is 1. The van der Waals surface area contributed by atoms with Crippen molar-refractivity contribution in [1.29, 1.82) is 0 Å². The van der Waals surface area contributed by atoms with E-state index in [-0.39, 0.29) is 17.6 Å². The van der Waals surface area contributed by atoms with Crippen LogP contribution in [0, 0.1) is 5.41 Å². The zero-order valence-corrected chi connectivity index (χ0v) is 6.84.